The van der Waals surface area contributed by atoms with Crippen LogP contribution in [0.15, 0.2) is 36.4 Å². The second-order valence-corrected chi connectivity index (χ2v) is 5.35. The smallest absolute Gasteiger partial charge is 0.170 e. The van der Waals surface area contributed by atoms with Crippen molar-refractivity contribution in [3.63, 3.8) is 0 Å². The molecule has 128 valence electrons. The molecule has 24 heavy (non-hydrogen) atoms. The summed E-state index contributed by atoms with van der Waals surface area (Å²) < 4.78 is 37.1. The minimum atomic E-state index is -0.569. The van der Waals surface area contributed by atoms with Crippen LogP contribution in [0.25, 0.3) is 0 Å². The van der Waals surface area contributed by atoms with E-state index in [-0.39, 0.29) is 10.8 Å². The maximum absolute atomic E-state index is 13.5. The van der Waals surface area contributed by atoms with E-state index < -0.39 is 11.6 Å². The van der Waals surface area contributed by atoms with Crippen molar-refractivity contribution >= 4 is 23.0 Å². The number of hydrogen-bond acceptors (Lipinski definition) is 3. The van der Waals surface area contributed by atoms with Crippen LogP contribution >= 0.6 is 12.2 Å². The summed E-state index contributed by atoms with van der Waals surface area (Å²) in [6.07, 6.45) is 0.674. The molecule has 0 fully saturated rings. The second kappa shape index (κ2) is 8.44. The van der Waals surface area contributed by atoms with Crippen molar-refractivity contribution in [3.8, 4) is 11.5 Å². The predicted octanol–water partition coefficient (Wildman–Crippen LogP) is 3.51. The molecule has 0 saturated heterocycles. The highest BCUT2D eigenvalue weighted by Crippen LogP contribution is 2.27. The van der Waals surface area contributed by atoms with Gasteiger partial charge in [-0.2, -0.15) is 0 Å². The Balaban J connectivity index is 1.87. The molecule has 2 aromatic carbocycles. The van der Waals surface area contributed by atoms with Gasteiger partial charge in [-0.1, -0.05) is 6.07 Å². The average molecular weight is 352 g/mol. The van der Waals surface area contributed by atoms with Crippen molar-refractivity contribution in [2.75, 3.05) is 26.1 Å². The first-order valence-corrected chi connectivity index (χ1v) is 7.65. The molecule has 0 spiro atoms. The number of thiocarbonyl (C=S) groups is 1. The molecule has 0 radical (unpaired) electrons. The molecule has 0 saturated carbocycles. The lowest BCUT2D eigenvalue weighted by Gasteiger charge is -2.12. The number of ether oxygens (including phenoxy) is 2. The van der Waals surface area contributed by atoms with Gasteiger partial charge in [0.25, 0.3) is 0 Å². The molecular weight excluding hydrogens is 334 g/mol. The molecule has 0 aliphatic heterocycles. The Morgan fingerprint density at radius 2 is 1.79 bits per heavy atom. The minimum absolute atomic E-state index is 0.00128. The third-order valence-electron chi connectivity index (χ3n) is 3.32. The fourth-order valence-electron chi connectivity index (χ4n) is 2.12. The molecular formula is C17H18F2N2O2S. The highest BCUT2D eigenvalue weighted by Gasteiger charge is 2.07. The highest BCUT2D eigenvalue weighted by atomic mass is 32.1. The van der Waals surface area contributed by atoms with Gasteiger partial charge in [-0.15, -0.1) is 0 Å². The zero-order valence-electron chi connectivity index (χ0n) is 13.4. The number of halogens is 2. The highest BCUT2D eigenvalue weighted by molar-refractivity contribution is 7.80. The Morgan fingerprint density at radius 3 is 2.50 bits per heavy atom. The van der Waals surface area contributed by atoms with Crippen molar-refractivity contribution in [3.05, 3.63) is 53.6 Å². The number of rotatable bonds is 6. The Morgan fingerprint density at radius 1 is 1.04 bits per heavy atom. The van der Waals surface area contributed by atoms with Crippen molar-refractivity contribution < 1.29 is 18.3 Å². The van der Waals surface area contributed by atoms with Gasteiger partial charge in [0.1, 0.15) is 11.6 Å². The van der Waals surface area contributed by atoms with E-state index in [0.717, 1.165) is 23.8 Å². The fraction of sp³-hybridized carbons (Fsp3) is 0.235. The SMILES string of the molecule is COc1ccc(CCNC(=S)Nc2cc(F)ccc2F)cc1OC. The van der Waals surface area contributed by atoms with Crippen LogP contribution in [0.2, 0.25) is 0 Å². The summed E-state index contributed by atoms with van der Waals surface area (Å²) in [6.45, 7) is 0.526. The van der Waals surface area contributed by atoms with Crippen molar-refractivity contribution in [2.24, 2.45) is 0 Å². The molecule has 2 N–H and O–H groups in total. The molecule has 7 heteroatoms. The number of benzene rings is 2. The van der Waals surface area contributed by atoms with E-state index in [1.54, 1.807) is 14.2 Å². The zero-order valence-corrected chi connectivity index (χ0v) is 14.2. The lowest BCUT2D eigenvalue weighted by Crippen LogP contribution is -2.30. The predicted molar refractivity (Wildman–Crippen MR) is 93.8 cm³/mol. The summed E-state index contributed by atoms with van der Waals surface area (Å²) in [5, 5.41) is 5.81. The van der Waals surface area contributed by atoms with Crippen molar-refractivity contribution in [2.45, 2.75) is 6.42 Å². The van der Waals surface area contributed by atoms with Gasteiger partial charge in [-0.05, 0) is 48.5 Å². The van der Waals surface area contributed by atoms with Crippen LogP contribution in [-0.4, -0.2) is 25.9 Å². The Labute approximate surface area is 144 Å². The van der Waals surface area contributed by atoms with Gasteiger partial charge in [0.2, 0.25) is 0 Å². The van der Waals surface area contributed by atoms with Crippen LogP contribution in [0.4, 0.5) is 14.5 Å². The number of hydrogen-bond donors (Lipinski definition) is 2. The molecule has 0 bridgehead atoms. The van der Waals surface area contributed by atoms with Gasteiger partial charge in [0, 0.05) is 12.6 Å². The van der Waals surface area contributed by atoms with Gasteiger partial charge >= 0.3 is 0 Å². The van der Waals surface area contributed by atoms with Crippen LogP contribution < -0.4 is 20.1 Å². The number of nitrogens with one attached hydrogen (secondary N) is 2. The third kappa shape index (κ3) is 4.79. The van der Waals surface area contributed by atoms with Crippen LogP contribution in [0.1, 0.15) is 5.56 Å². The van der Waals surface area contributed by atoms with E-state index in [2.05, 4.69) is 10.6 Å². The second-order valence-electron chi connectivity index (χ2n) is 4.94. The number of methoxy groups -OCH3 is 2. The topological polar surface area (TPSA) is 42.5 Å². The first-order chi connectivity index (χ1) is 11.5. The lowest BCUT2D eigenvalue weighted by atomic mass is 10.1. The molecule has 0 unspecified atom stereocenters. The average Bonchev–Trinajstić information content (AvgIpc) is 2.58. The third-order valence-corrected chi connectivity index (χ3v) is 3.57. The maximum Gasteiger partial charge on any atom is 0.170 e. The normalized spacial score (nSPS) is 10.2. The van der Waals surface area contributed by atoms with E-state index in [1.165, 1.54) is 0 Å². The molecule has 0 aromatic heterocycles. The van der Waals surface area contributed by atoms with Crippen LogP contribution in [0.5, 0.6) is 11.5 Å². The molecule has 4 nitrogen and oxygen atoms in total. The summed E-state index contributed by atoms with van der Waals surface area (Å²) in [5.41, 5.74) is 1.03. The van der Waals surface area contributed by atoms with Gasteiger partial charge in [-0.3, -0.25) is 0 Å². The van der Waals surface area contributed by atoms with Gasteiger partial charge in [0.05, 0.1) is 19.9 Å². The molecule has 0 amide bonds. The Kier molecular flexibility index (Phi) is 6.31. The van der Waals surface area contributed by atoms with Crippen LogP contribution in [-0.2, 0) is 6.42 Å². The van der Waals surface area contributed by atoms with E-state index in [0.29, 0.717) is 24.5 Å². The quantitative estimate of drug-likeness (QED) is 0.779. The molecule has 2 rings (SSSR count). The largest absolute Gasteiger partial charge is 0.493 e. The summed E-state index contributed by atoms with van der Waals surface area (Å²) in [5.74, 6) is 0.206. The summed E-state index contributed by atoms with van der Waals surface area (Å²) in [6, 6.07) is 8.78. The van der Waals surface area contributed by atoms with Crippen LogP contribution in [0, 0.1) is 11.6 Å². The van der Waals surface area contributed by atoms with Gasteiger partial charge in [0.15, 0.2) is 16.6 Å². The first kappa shape index (κ1) is 17.9. The monoisotopic (exact) mass is 352 g/mol. The Hall–Kier alpha value is -2.41. The van der Waals surface area contributed by atoms with E-state index in [9.17, 15) is 8.78 Å². The van der Waals surface area contributed by atoms with E-state index in [1.807, 2.05) is 18.2 Å². The summed E-state index contributed by atoms with van der Waals surface area (Å²) >= 11 is 5.09. The molecule has 0 aliphatic rings. The summed E-state index contributed by atoms with van der Waals surface area (Å²) in [4.78, 5) is 0. The molecule has 0 aliphatic carbocycles. The van der Waals surface area contributed by atoms with Crippen LogP contribution in [0.3, 0.4) is 0 Å². The number of anilines is 1. The van der Waals surface area contributed by atoms with E-state index in [4.69, 9.17) is 21.7 Å². The Bertz CT molecular complexity index is 726. The maximum atomic E-state index is 13.5. The van der Waals surface area contributed by atoms with E-state index >= 15 is 0 Å². The lowest BCUT2D eigenvalue weighted by molar-refractivity contribution is 0.354. The van der Waals surface area contributed by atoms with Crippen molar-refractivity contribution in [1.82, 2.24) is 5.32 Å². The fourth-order valence-corrected chi connectivity index (χ4v) is 2.33. The minimum Gasteiger partial charge on any atom is -0.493 e. The standard InChI is InChI=1S/C17H18F2N2O2S/c1-22-15-6-3-11(9-16(15)23-2)7-8-20-17(24)21-14-10-12(18)4-5-13(14)19/h3-6,9-10H,7-8H2,1-2H3,(H2,20,21,24). The van der Waals surface area contributed by atoms with Gasteiger partial charge in [-0.25, -0.2) is 8.78 Å². The summed E-state index contributed by atoms with van der Waals surface area (Å²) in [7, 11) is 3.15. The molecule has 2 aromatic rings. The van der Waals surface area contributed by atoms with Gasteiger partial charge < -0.3 is 20.1 Å². The molecule has 0 heterocycles. The first-order valence-electron chi connectivity index (χ1n) is 7.24. The molecule has 0 atom stereocenters. The zero-order chi connectivity index (χ0) is 17.5. The van der Waals surface area contributed by atoms with Crippen molar-refractivity contribution in [1.29, 1.82) is 0 Å².